The molecule has 0 fully saturated rings. The fourth-order valence-corrected chi connectivity index (χ4v) is 3.33. The first kappa shape index (κ1) is 20.7. The minimum atomic E-state index is -1.05. The number of nitro benzene ring substituents is 1. The molecule has 1 aliphatic rings. The molecule has 0 spiro atoms. The number of carbonyl (C=O) groups excluding carboxylic acids is 3. The molecule has 9 nitrogen and oxygen atoms in total. The molecule has 1 heterocycles. The van der Waals surface area contributed by atoms with Gasteiger partial charge in [-0.3, -0.25) is 24.6 Å². The van der Waals surface area contributed by atoms with Gasteiger partial charge in [-0.05, 0) is 43.7 Å². The molecule has 0 aromatic heterocycles. The Morgan fingerprint density at radius 3 is 2.43 bits per heavy atom. The van der Waals surface area contributed by atoms with Crippen LogP contribution in [0.5, 0.6) is 0 Å². The lowest BCUT2D eigenvalue weighted by molar-refractivity contribution is -0.384. The van der Waals surface area contributed by atoms with Crippen molar-refractivity contribution >= 4 is 29.0 Å². The van der Waals surface area contributed by atoms with Crippen molar-refractivity contribution in [2.45, 2.75) is 19.9 Å². The van der Waals surface area contributed by atoms with Gasteiger partial charge in [0.2, 0.25) is 0 Å². The summed E-state index contributed by atoms with van der Waals surface area (Å²) in [6, 6.07) is 10.3. The summed E-state index contributed by atoms with van der Waals surface area (Å²) in [7, 11) is 0. The van der Waals surface area contributed by atoms with Gasteiger partial charge in [-0.2, -0.15) is 0 Å². The van der Waals surface area contributed by atoms with E-state index in [1.54, 1.807) is 6.92 Å². The Balaban J connectivity index is 2.09. The Labute approximate surface area is 171 Å². The van der Waals surface area contributed by atoms with E-state index in [0.717, 1.165) is 0 Å². The van der Waals surface area contributed by atoms with Crippen molar-refractivity contribution in [3.8, 4) is 0 Å². The third-order valence-corrected chi connectivity index (χ3v) is 4.64. The van der Waals surface area contributed by atoms with Gasteiger partial charge in [0, 0.05) is 17.8 Å². The van der Waals surface area contributed by atoms with Crippen molar-refractivity contribution in [2.24, 2.45) is 0 Å². The predicted molar refractivity (Wildman–Crippen MR) is 106 cm³/mol. The van der Waals surface area contributed by atoms with Crippen LogP contribution in [0.1, 0.15) is 35.8 Å². The number of carbonyl (C=O) groups is 3. The molecule has 9 heteroatoms. The first-order valence-electron chi connectivity index (χ1n) is 9.05. The maximum Gasteiger partial charge on any atom is 0.338 e. The second-order valence-corrected chi connectivity index (χ2v) is 6.52. The van der Waals surface area contributed by atoms with Gasteiger partial charge in [-0.15, -0.1) is 0 Å². The SMILES string of the molecule is CCOC(=O)c1ccc(N2C(=O)C(O)=C(C(C)=O)[C@@H]2c2cccc([N+](=O)[O-])c2)cc1. The van der Waals surface area contributed by atoms with E-state index in [4.69, 9.17) is 4.74 Å². The number of hydrogen-bond donors (Lipinski definition) is 1. The summed E-state index contributed by atoms with van der Waals surface area (Å²) in [5, 5.41) is 21.5. The van der Waals surface area contributed by atoms with Crippen LogP contribution in [0, 0.1) is 10.1 Å². The zero-order valence-corrected chi connectivity index (χ0v) is 16.2. The van der Waals surface area contributed by atoms with Crippen LogP contribution in [0.15, 0.2) is 59.9 Å². The van der Waals surface area contributed by atoms with Crippen LogP contribution in [0.25, 0.3) is 0 Å². The summed E-state index contributed by atoms with van der Waals surface area (Å²) < 4.78 is 4.93. The summed E-state index contributed by atoms with van der Waals surface area (Å²) in [6.07, 6.45) is 0. The number of aliphatic hydroxyl groups excluding tert-OH is 1. The van der Waals surface area contributed by atoms with Crippen molar-refractivity contribution in [1.82, 2.24) is 0 Å². The zero-order valence-electron chi connectivity index (χ0n) is 16.2. The van der Waals surface area contributed by atoms with Crippen LogP contribution in [0.3, 0.4) is 0 Å². The molecule has 0 saturated heterocycles. The fourth-order valence-electron chi connectivity index (χ4n) is 3.33. The number of nitro groups is 1. The lowest BCUT2D eigenvalue weighted by Crippen LogP contribution is -2.30. The van der Waals surface area contributed by atoms with Crippen LogP contribution in [0.2, 0.25) is 0 Å². The summed E-state index contributed by atoms with van der Waals surface area (Å²) in [5.41, 5.74) is 0.485. The number of ether oxygens (including phenoxy) is 1. The first-order chi connectivity index (χ1) is 14.3. The summed E-state index contributed by atoms with van der Waals surface area (Å²) in [4.78, 5) is 48.6. The third-order valence-electron chi connectivity index (χ3n) is 4.64. The van der Waals surface area contributed by atoms with Gasteiger partial charge in [-0.25, -0.2) is 4.79 Å². The largest absolute Gasteiger partial charge is 0.503 e. The van der Waals surface area contributed by atoms with Gasteiger partial charge in [0.1, 0.15) is 0 Å². The van der Waals surface area contributed by atoms with Crippen LogP contribution in [0.4, 0.5) is 11.4 Å². The molecule has 0 unspecified atom stereocenters. The molecule has 0 saturated carbocycles. The summed E-state index contributed by atoms with van der Waals surface area (Å²) in [6.45, 7) is 3.09. The molecular weight excluding hydrogens is 392 g/mol. The van der Waals surface area contributed by atoms with Crippen molar-refractivity contribution in [2.75, 3.05) is 11.5 Å². The van der Waals surface area contributed by atoms with E-state index in [9.17, 15) is 29.6 Å². The van der Waals surface area contributed by atoms with Gasteiger partial charge in [-0.1, -0.05) is 12.1 Å². The van der Waals surface area contributed by atoms with Crippen LogP contribution in [-0.4, -0.2) is 34.3 Å². The number of hydrogen-bond acceptors (Lipinski definition) is 7. The number of amides is 1. The molecule has 1 N–H and O–H groups in total. The van der Waals surface area contributed by atoms with E-state index in [-0.39, 0.29) is 23.4 Å². The molecule has 30 heavy (non-hydrogen) atoms. The van der Waals surface area contributed by atoms with E-state index in [1.807, 2.05) is 0 Å². The molecule has 0 radical (unpaired) electrons. The van der Waals surface area contributed by atoms with Crippen molar-refractivity contribution in [3.63, 3.8) is 0 Å². The van der Waals surface area contributed by atoms with Gasteiger partial charge in [0.25, 0.3) is 11.6 Å². The number of ketones is 1. The highest BCUT2D eigenvalue weighted by Gasteiger charge is 2.43. The average Bonchev–Trinajstić information content (AvgIpc) is 2.99. The molecule has 0 bridgehead atoms. The highest BCUT2D eigenvalue weighted by atomic mass is 16.6. The zero-order chi connectivity index (χ0) is 22.0. The number of benzene rings is 2. The summed E-state index contributed by atoms with van der Waals surface area (Å²) >= 11 is 0. The fraction of sp³-hybridized carbons (Fsp3) is 0.190. The minimum Gasteiger partial charge on any atom is -0.503 e. The molecule has 154 valence electrons. The van der Waals surface area contributed by atoms with E-state index >= 15 is 0 Å². The van der Waals surface area contributed by atoms with Crippen molar-refractivity contribution in [1.29, 1.82) is 0 Å². The van der Waals surface area contributed by atoms with Gasteiger partial charge in [0.15, 0.2) is 11.5 Å². The van der Waals surface area contributed by atoms with E-state index < -0.39 is 34.4 Å². The van der Waals surface area contributed by atoms with Crippen molar-refractivity contribution < 1.29 is 29.2 Å². The van der Waals surface area contributed by atoms with Gasteiger partial charge in [0.05, 0.1) is 28.7 Å². The molecule has 1 aliphatic heterocycles. The lowest BCUT2D eigenvalue weighted by atomic mass is 9.96. The smallest absolute Gasteiger partial charge is 0.338 e. The standard InChI is InChI=1S/C21H18N2O7/c1-3-30-21(27)13-7-9-15(10-8-13)22-18(17(12(2)24)19(25)20(22)26)14-5-4-6-16(11-14)23(28)29/h4-11,18,25H,3H2,1-2H3/t18-/m0/s1. The monoisotopic (exact) mass is 410 g/mol. The second-order valence-electron chi connectivity index (χ2n) is 6.52. The Bertz CT molecular complexity index is 1070. The molecule has 2 aromatic rings. The molecular formula is C21H18N2O7. The normalized spacial score (nSPS) is 16.0. The highest BCUT2D eigenvalue weighted by Crippen LogP contribution is 2.41. The van der Waals surface area contributed by atoms with E-state index in [0.29, 0.717) is 11.3 Å². The molecule has 3 rings (SSSR count). The molecule has 0 aliphatic carbocycles. The highest BCUT2D eigenvalue weighted by molar-refractivity contribution is 6.16. The van der Waals surface area contributed by atoms with E-state index in [1.165, 1.54) is 60.4 Å². The number of Topliss-reactive ketones (excluding diaryl/α,β-unsaturated/α-hetero) is 1. The van der Waals surface area contributed by atoms with Crippen LogP contribution in [-0.2, 0) is 14.3 Å². The number of rotatable bonds is 6. The van der Waals surface area contributed by atoms with Crippen molar-refractivity contribution in [3.05, 3.63) is 81.1 Å². The maximum atomic E-state index is 12.8. The average molecular weight is 410 g/mol. The topological polar surface area (TPSA) is 127 Å². The predicted octanol–water partition coefficient (Wildman–Crippen LogP) is 3.26. The van der Waals surface area contributed by atoms with Gasteiger partial charge < -0.3 is 9.84 Å². The Morgan fingerprint density at radius 1 is 1.20 bits per heavy atom. The Kier molecular flexibility index (Phi) is 5.63. The molecule has 1 atom stereocenters. The minimum absolute atomic E-state index is 0.157. The number of anilines is 1. The molecule has 1 amide bonds. The number of nitrogens with zero attached hydrogens (tertiary/aromatic N) is 2. The van der Waals surface area contributed by atoms with E-state index in [2.05, 4.69) is 0 Å². The second kappa shape index (κ2) is 8.16. The molecule has 2 aromatic carbocycles. The van der Waals surface area contributed by atoms with Crippen LogP contribution < -0.4 is 4.90 Å². The number of esters is 1. The summed E-state index contributed by atoms with van der Waals surface area (Å²) in [5.74, 6) is -2.60. The first-order valence-corrected chi connectivity index (χ1v) is 9.05. The Hall–Kier alpha value is -4.01. The van der Waals surface area contributed by atoms with Gasteiger partial charge >= 0.3 is 5.97 Å². The van der Waals surface area contributed by atoms with Crippen LogP contribution >= 0.6 is 0 Å². The lowest BCUT2D eigenvalue weighted by Gasteiger charge is -2.26. The maximum absolute atomic E-state index is 12.8. The Morgan fingerprint density at radius 2 is 1.87 bits per heavy atom. The number of aliphatic hydroxyl groups is 1. The number of non-ortho nitro benzene ring substituents is 1. The third kappa shape index (κ3) is 3.64. The quantitative estimate of drug-likeness (QED) is 0.440.